The number of carbonyl (C=O) groups is 1. The Morgan fingerprint density at radius 3 is 3.20 bits per heavy atom. The topological polar surface area (TPSA) is 41.6 Å². The normalized spacial score (nSPS) is 29.3. The molecule has 2 aliphatic rings. The van der Waals surface area contributed by atoms with Gasteiger partial charge in [-0.3, -0.25) is 0 Å². The number of nitrogens with zero attached hydrogens (tertiary/aromatic N) is 1. The number of hydrogen-bond donors (Lipinski definition) is 1. The van der Waals surface area contributed by atoms with Gasteiger partial charge in [-0.2, -0.15) is 0 Å². The number of carbonyl (C=O) groups excluding carboxylic acids is 1. The van der Waals surface area contributed by atoms with Gasteiger partial charge in [0.2, 0.25) is 0 Å². The minimum atomic E-state index is -0.117. The molecule has 0 saturated carbocycles. The first-order valence-corrected chi connectivity index (χ1v) is 5.97. The van der Waals surface area contributed by atoms with Crippen molar-refractivity contribution < 1.29 is 9.53 Å². The Labute approximate surface area is 91.0 Å². The third-order valence-corrected chi connectivity index (χ3v) is 3.38. The predicted molar refractivity (Wildman–Crippen MR) is 57.7 cm³/mol. The highest BCUT2D eigenvalue weighted by atomic mass is 16.6. The molecule has 0 bridgehead atoms. The van der Waals surface area contributed by atoms with Gasteiger partial charge in [0.05, 0.1) is 12.6 Å². The number of rotatable bonds is 3. The molecule has 0 aliphatic carbocycles. The van der Waals surface area contributed by atoms with E-state index >= 15 is 0 Å². The second kappa shape index (κ2) is 4.84. The van der Waals surface area contributed by atoms with Gasteiger partial charge in [-0.15, -0.1) is 0 Å². The summed E-state index contributed by atoms with van der Waals surface area (Å²) in [5.41, 5.74) is 0. The first kappa shape index (κ1) is 10.7. The van der Waals surface area contributed by atoms with Crippen LogP contribution in [0.2, 0.25) is 0 Å². The van der Waals surface area contributed by atoms with Crippen molar-refractivity contribution in [2.75, 3.05) is 26.2 Å². The maximum Gasteiger partial charge on any atom is 0.410 e. The minimum Gasteiger partial charge on any atom is -0.449 e. The van der Waals surface area contributed by atoms with E-state index in [4.69, 9.17) is 4.74 Å². The molecule has 2 rings (SSSR count). The quantitative estimate of drug-likeness (QED) is 0.715. The van der Waals surface area contributed by atoms with E-state index in [0.29, 0.717) is 18.6 Å². The molecule has 0 aromatic heterocycles. The van der Waals surface area contributed by atoms with Crippen molar-refractivity contribution in [2.45, 2.75) is 32.2 Å². The molecule has 2 heterocycles. The lowest BCUT2D eigenvalue weighted by atomic mass is 9.84. The van der Waals surface area contributed by atoms with E-state index in [1.807, 2.05) is 4.90 Å². The monoisotopic (exact) mass is 212 g/mol. The van der Waals surface area contributed by atoms with E-state index in [0.717, 1.165) is 32.5 Å². The predicted octanol–water partition coefficient (Wildman–Crippen LogP) is 1.22. The Hall–Kier alpha value is -0.770. The molecular formula is C11H20N2O2. The Balaban J connectivity index is 1.72. The Bertz CT molecular complexity index is 233. The minimum absolute atomic E-state index is 0.117. The largest absolute Gasteiger partial charge is 0.449 e. The third kappa shape index (κ3) is 2.25. The lowest BCUT2D eigenvalue weighted by Gasteiger charge is -2.49. The van der Waals surface area contributed by atoms with E-state index in [1.165, 1.54) is 6.42 Å². The van der Waals surface area contributed by atoms with Crippen LogP contribution in [0.1, 0.15) is 26.2 Å². The fourth-order valence-electron chi connectivity index (χ4n) is 2.32. The smallest absolute Gasteiger partial charge is 0.410 e. The van der Waals surface area contributed by atoms with Crippen LogP contribution in [-0.2, 0) is 4.74 Å². The summed E-state index contributed by atoms with van der Waals surface area (Å²) in [4.78, 5) is 13.5. The maximum atomic E-state index is 11.6. The molecule has 0 aromatic carbocycles. The molecule has 0 radical (unpaired) electrons. The summed E-state index contributed by atoms with van der Waals surface area (Å²) in [5, 5.41) is 3.32. The van der Waals surface area contributed by atoms with Crippen molar-refractivity contribution in [3.63, 3.8) is 0 Å². The van der Waals surface area contributed by atoms with Crippen molar-refractivity contribution in [1.82, 2.24) is 10.2 Å². The lowest BCUT2D eigenvalue weighted by Crippen LogP contribution is -2.65. The van der Waals surface area contributed by atoms with Crippen molar-refractivity contribution in [3.05, 3.63) is 0 Å². The van der Waals surface area contributed by atoms with Gasteiger partial charge in [0, 0.05) is 13.1 Å². The summed E-state index contributed by atoms with van der Waals surface area (Å²) >= 11 is 0. The van der Waals surface area contributed by atoms with Crippen molar-refractivity contribution in [3.8, 4) is 0 Å². The molecule has 2 atom stereocenters. The molecule has 4 heteroatoms. The number of likely N-dealkylation sites (tertiary alicyclic amines) is 1. The van der Waals surface area contributed by atoms with Gasteiger partial charge in [-0.1, -0.05) is 13.3 Å². The summed E-state index contributed by atoms with van der Waals surface area (Å²) in [6.07, 6.45) is 3.12. The summed E-state index contributed by atoms with van der Waals surface area (Å²) in [6.45, 7) is 5.60. The average molecular weight is 212 g/mol. The fourth-order valence-corrected chi connectivity index (χ4v) is 2.32. The van der Waals surface area contributed by atoms with Crippen LogP contribution in [0.25, 0.3) is 0 Å². The second-order valence-corrected chi connectivity index (χ2v) is 4.44. The molecule has 2 fully saturated rings. The van der Waals surface area contributed by atoms with Crippen LogP contribution in [0.15, 0.2) is 0 Å². The number of piperidine rings is 1. The van der Waals surface area contributed by atoms with Gasteiger partial charge < -0.3 is 15.0 Å². The third-order valence-electron chi connectivity index (χ3n) is 3.38. The van der Waals surface area contributed by atoms with Crippen LogP contribution in [0.4, 0.5) is 4.79 Å². The molecule has 1 N–H and O–H groups in total. The Morgan fingerprint density at radius 2 is 2.47 bits per heavy atom. The maximum absolute atomic E-state index is 11.6. The number of nitrogens with one attached hydrogen (secondary N) is 1. The molecule has 2 aliphatic heterocycles. The van der Waals surface area contributed by atoms with Crippen LogP contribution in [0.5, 0.6) is 0 Å². The molecule has 0 unspecified atom stereocenters. The summed E-state index contributed by atoms with van der Waals surface area (Å²) < 4.78 is 5.19. The molecular weight excluding hydrogens is 192 g/mol. The molecule has 15 heavy (non-hydrogen) atoms. The average Bonchev–Trinajstić information content (AvgIpc) is 2.20. The van der Waals surface area contributed by atoms with Crippen LogP contribution < -0.4 is 5.32 Å². The van der Waals surface area contributed by atoms with Crippen LogP contribution in [-0.4, -0.2) is 43.3 Å². The second-order valence-electron chi connectivity index (χ2n) is 4.44. The standard InChI is InChI=1S/C11H20N2O2/c1-2-3-6-15-11(14)13-8-9-4-5-12-7-10(9)13/h9-10,12H,2-8H2,1H3/t9-,10-/m0/s1. The summed E-state index contributed by atoms with van der Waals surface area (Å²) in [5.74, 6) is 0.713. The lowest BCUT2D eigenvalue weighted by molar-refractivity contribution is -0.00768. The van der Waals surface area contributed by atoms with E-state index in [9.17, 15) is 4.79 Å². The SMILES string of the molecule is CCCCOC(=O)N1C[C@@H]2CCNC[C@@H]21. The highest BCUT2D eigenvalue weighted by Crippen LogP contribution is 2.29. The van der Waals surface area contributed by atoms with Gasteiger partial charge in [-0.05, 0) is 25.3 Å². The molecule has 4 nitrogen and oxygen atoms in total. The van der Waals surface area contributed by atoms with E-state index in [2.05, 4.69) is 12.2 Å². The first-order chi connectivity index (χ1) is 7.33. The molecule has 0 aromatic rings. The van der Waals surface area contributed by atoms with Gasteiger partial charge >= 0.3 is 6.09 Å². The highest BCUT2D eigenvalue weighted by molar-refractivity contribution is 5.69. The molecule has 0 spiro atoms. The number of hydrogen-bond acceptors (Lipinski definition) is 3. The molecule has 2 saturated heterocycles. The number of amides is 1. The zero-order chi connectivity index (χ0) is 10.7. The first-order valence-electron chi connectivity index (χ1n) is 5.97. The van der Waals surface area contributed by atoms with Crippen molar-refractivity contribution in [2.24, 2.45) is 5.92 Å². The van der Waals surface area contributed by atoms with Crippen LogP contribution >= 0.6 is 0 Å². The summed E-state index contributed by atoms with van der Waals surface area (Å²) in [6, 6.07) is 0.396. The van der Waals surface area contributed by atoms with Gasteiger partial charge in [0.25, 0.3) is 0 Å². The molecule has 1 amide bonds. The van der Waals surface area contributed by atoms with E-state index < -0.39 is 0 Å². The van der Waals surface area contributed by atoms with Crippen molar-refractivity contribution >= 4 is 6.09 Å². The Kier molecular flexibility index (Phi) is 3.46. The highest BCUT2D eigenvalue weighted by Gasteiger charge is 2.43. The van der Waals surface area contributed by atoms with Gasteiger partial charge in [0.1, 0.15) is 0 Å². The zero-order valence-corrected chi connectivity index (χ0v) is 9.37. The number of fused-ring (bicyclic) bond motifs is 1. The van der Waals surface area contributed by atoms with Gasteiger partial charge in [-0.25, -0.2) is 4.79 Å². The number of unbranched alkanes of at least 4 members (excludes halogenated alkanes) is 1. The van der Waals surface area contributed by atoms with E-state index in [1.54, 1.807) is 0 Å². The van der Waals surface area contributed by atoms with Crippen molar-refractivity contribution in [1.29, 1.82) is 0 Å². The Morgan fingerprint density at radius 1 is 1.60 bits per heavy atom. The van der Waals surface area contributed by atoms with Gasteiger partial charge in [0.15, 0.2) is 0 Å². The molecule has 86 valence electrons. The fraction of sp³-hybridized carbons (Fsp3) is 0.909. The zero-order valence-electron chi connectivity index (χ0n) is 9.37. The number of ether oxygens (including phenoxy) is 1. The van der Waals surface area contributed by atoms with Crippen LogP contribution in [0, 0.1) is 5.92 Å². The summed E-state index contributed by atoms with van der Waals surface area (Å²) in [7, 11) is 0. The van der Waals surface area contributed by atoms with Crippen LogP contribution in [0.3, 0.4) is 0 Å². The van der Waals surface area contributed by atoms with E-state index in [-0.39, 0.29) is 6.09 Å².